The molecule has 0 aliphatic heterocycles. The fourth-order valence-corrected chi connectivity index (χ4v) is 2.59. The Balaban J connectivity index is 2.08. The zero-order chi connectivity index (χ0) is 12.3. The highest BCUT2D eigenvalue weighted by Crippen LogP contribution is 2.26. The van der Waals surface area contributed by atoms with Crippen molar-refractivity contribution < 1.29 is 0 Å². The van der Waals surface area contributed by atoms with Crippen LogP contribution in [-0.2, 0) is 6.42 Å². The molecule has 1 aromatic heterocycles. The summed E-state index contributed by atoms with van der Waals surface area (Å²) in [7, 11) is 0. The average molecular weight is 402 g/mol. The Morgan fingerprint density at radius 1 is 1.18 bits per heavy atom. The molecule has 0 amide bonds. The second kappa shape index (κ2) is 5.96. The Bertz CT molecular complexity index is 479. The lowest BCUT2D eigenvalue weighted by atomic mass is 10.1. The fraction of sp³-hybridized carbons (Fsp3) is 0.214. The molecule has 1 nitrogen and oxygen atoms in total. The number of nitrogens with zero attached hydrogens (tertiary/aromatic N) is 1. The Kier molecular flexibility index (Phi) is 4.56. The molecule has 3 heteroatoms. The topological polar surface area (TPSA) is 12.9 Å². The minimum atomic E-state index is 0.328. The average Bonchev–Trinajstić information content (AvgIpc) is 2.33. The zero-order valence-corrected chi connectivity index (χ0v) is 13.3. The molecule has 1 atom stereocenters. The predicted octanol–water partition coefficient (Wildman–Crippen LogP) is 4.67. The van der Waals surface area contributed by atoms with Gasteiger partial charge < -0.3 is 0 Å². The van der Waals surface area contributed by atoms with Crippen LogP contribution in [0.4, 0.5) is 0 Å². The molecular weight excluding hydrogens is 389 g/mol. The lowest BCUT2D eigenvalue weighted by molar-refractivity contribution is 0.902. The fourth-order valence-electron chi connectivity index (χ4n) is 1.59. The van der Waals surface area contributed by atoms with Crippen LogP contribution in [0.1, 0.15) is 21.6 Å². The van der Waals surface area contributed by atoms with Gasteiger partial charge >= 0.3 is 0 Å². The summed E-state index contributed by atoms with van der Waals surface area (Å²) in [5, 5.41) is 0. The SMILES string of the molecule is Cc1ccc(CC(Br)c2ccc(I)cc2)nc1. The van der Waals surface area contributed by atoms with E-state index in [2.05, 4.69) is 86.8 Å². The van der Waals surface area contributed by atoms with Gasteiger partial charge in [0.1, 0.15) is 0 Å². The third-order valence-electron chi connectivity index (χ3n) is 2.59. The van der Waals surface area contributed by atoms with Gasteiger partial charge in [0.2, 0.25) is 0 Å². The molecule has 0 saturated heterocycles. The highest BCUT2D eigenvalue weighted by atomic mass is 127. The lowest BCUT2D eigenvalue weighted by Gasteiger charge is -2.10. The van der Waals surface area contributed by atoms with Crippen molar-refractivity contribution in [3.63, 3.8) is 0 Å². The molecular formula is C14H13BrIN. The first kappa shape index (κ1) is 13.0. The van der Waals surface area contributed by atoms with E-state index in [1.807, 2.05) is 6.20 Å². The number of halogens is 2. The Hall–Kier alpha value is -0.420. The molecule has 1 aromatic carbocycles. The minimum absolute atomic E-state index is 0.328. The summed E-state index contributed by atoms with van der Waals surface area (Å²) in [5.41, 5.74) is 3.62. The number of benzene rings is 1. The highest BCUT2D eigenvalue weighted by Gasteiger charge is 2.08. The maximum atomic E-state index is 4.43. The molecule has 1 unspecified atom stereocenters. The molecule has 2 aromatic rings. The maximum Gasteiger partial charge on any atom is 0.0450 e. The number of aryl methyl sites for hydroxylation is 1. The van der Waals surface area contributed by atoms with Crippen molar-refractivity contribution in [3.8, 4) is 0 Å². The van der Waals surface area contributed by atoms with Crippen LogP contribution in [-0.4, -0.2) is 4.98 Å². The zero-order valence-electron chi connectivity index (χ0n) is 9.53. The summed E-state index contributed by atoms with van der Waals surface area (Å²) in [5.74, 6) is 0. The number of alkyl halides is 1. The van der Waals surface area contributed by atoms with Crippen LogP contribution >= 0.6 is 38.5 Å². The van der Waals surface area contributed by atoms with Crippen LogP contribution in [0.15, 0.2) is 42.6 Å². The Morgan fingerprint density at radius 2 is 1.88 bits per heavy atom. The quantitative estimate of drug-likeness (QED) is 0.537. The number of aromatic nitrogens is 1. The van der Waals surface area contributed by atoms with Gasteiger partial charge in [-0.3, -0.25) is 4.98 Å². The standard InChI is InChI=1S/C14H13BrIN/c1-10-2-7-13(17-9-10)8-14(15)11-3-5-12(16)6-4-11/h2-7,9,14H,8H2,1H3. The van der Waals surface area contributed by atoms with Crippen LogP contribution in [0.3, 0.4) is 0 Å². The van der Waals surface area contributed by atoms with Gasteiger partial charge in [0.05, 0.1) is 0 Å². The largest absolute Gasteiger partial charge is 0.261 e. The van der Waals surface area contributed by atoms with Gasteiger partial charge in [0.25, 0.3) is 0 Å². The molecule has 0 radical (unpaired) electrons. The molecule has 0 aliphatic rings. The molecule has 0 saturated carbocycles. The van der Waals surface area contributed by atoms with E-state index in [4.69, 9.17) is 0 Å². The van der Waals surface area contributed by atoms with Crippen molar-refractivity contribution in [3.05, 3.63) is 63.0 Å². The summed E-state index contributed by atoms with van der Waals surface area (Å²) in [6.45, 7) is 2.06. The van der Waals surface area contributed by atoms with Crippen LogP contribution in [0, 0.1) is 10.5 Å². The van der Waals surface area contributed by atoms with E-state index < -0.39 is 0 Å². The second-order valence-electron chi connectivity index (χ2n) is 4.05. The molecule has 1 heterocycles. The van der Waals surface area contributed by atoms with E-state index in [1.165, 1.54) is 14.7 Å². The van der Waals surface area contributed by atoms with Crippen molar-refractivity contribution in [1.82, 2.24) is 4.98 Å². The van der Waals surface area contributed by atoms with Crippen LogP contribution in [0.25, 0.3) is 0 Å². The van der Waals surface area contributed by atoms with E-state index in [0.717, 1.165) is 12.1 Å². The van der Waals surface area contributed by atoms with Crippen molar-refractivity contribution in [2.75, 3.05) is 0 Å². The van der Waals surface area contributed by atoms with Crippen molar-refractivity contribution in [2.24, 2.45) is 0 Å². The summed E-state index contributed by atoms with van der Waals surface area (Å²) < 4.78 is 1.26. The molecule has 2 rings (SSSR count). The second-order valence-corrected chi connectivity index (χ2v) is 6.40. The van der Waals surface area contributed by atoms with Crippen LogP contribution < -0.4 is 0 Å². The van der Waals surface area contributed by atoms with E-state index in [1.54, 1.807) is 0 Å². The maximum absolute atomic E-state index is 4.43. The Labute approximate surface area is 124 Å². The summed E-state index contributed by atoms with van der Waals surface area (Å²) in [6.07, 6.45) is 2.84. The molecule has 0 aliphatic carbocycles. The number of hydrogen-bond acceptors (Lipinski definition) is 1. The molecule has 0 spiro atoms. The predicted molar refractivity (Wildman–Crippen MR) is 83.5 cm³/mol. The van der Waals surface area contributed by atoms with E-state index >= 15 is 0 Å². The van der Waals surface area contributed by atoms with Gasteiger partial charge in [0, 0.05) is 26.7 Å². The van der Waals surface area contributed by atoms with E-state index in [9.17, 15) is 0 Å². The van der Waals surface area contributed by atoms with Crippen molar-refractivity contribution in [1.29, 1.82) is 0 Å². The molecule has 0 N–H and O–H groups in total. The third-order valence-corrected chi connectivity index (χ3v) is 4.16. The summed E-state index contributed by atoms with van der Waals surface area (Å²) >= 11 is 6.04. The smallest absolute Gasteiger partial charge is 0.0450 e. The third kappa shape index (κ3) is 3.78. The van der Waals surface area contributed by atoms with Gasteiger partial charge in [0.15, 0.2) is 0 Å². The van der Waals surface area contributed by atoms with E-state index in [0.29, 0.717) is 4.83 Å². The van der Waals surface area contributed by atoms with Gasteiger partial charge in [-0.15, -0.1) is 0 Å². The first-order chi connectivity index (χ1) is 8.15. The summed E-state index contributed by atoms with van der Waals surface area (Å²) in [4.78, 5) is 4.76. The van der Waals surface area contributed by atoms with Gasteiger partial charge in [-0.05, 0) is 58.8 Å². The van der Waals surface area contributed by atoms with E-state index in [-0.39, 0.29) is 0 Å². The molecule has 0 fully saturated rings. The first-order valence-electron chi connectivity index (χ1n) is 5.46. The molecule has 0 bridgehead atoms. The monoisotopic (exact) mass is 401 g/mol. The van der Waals surface area contributed by atoms with Gasteiger partial charge in [-0.2, -0.15) is 0 Å². The normalized spacial score (nSPS) is 12.4. The van der Waals surface area contributed by atoms with Crippen LogP contribution in [0.2, 0.25) is 0 Å². The highest BCUT2D eigenvalue weighted by molar-refractivity contribution is 14.1. The number of hydrogen-bond donors (Lipinski definition) is 0. The number of rotatable bonds is 3. The molecule has 88 valence electrons. The van der Waals surface area contributed by atoms with Crippen molar-refractivity contribution in [2.45, 2.75) is 18.2 Å². The first-order valence-corrected chi connectivity index (χ1v) is 7.45. The number of pyridine rings is 1. The Morgan fingerprint density at radius 3 is 2.47 bits per heavy atom. The van der Waals surface area contributed by atoms with Gasteiger partial charge in [-0.25, -0.2) is 0 Å². The van der Waals surface area contributed by atoms with Crippen LogP contribution in [0.5, 0.6) is 0 Å². The minimum Gasteiger partial charge on any atom is -0.261 e. The molecule has 17 heavy (non-hydrogen) atoms. The lowest BCUT2D eigenvalue weighted by Crippen LogP contribution is -1.97. The van der Waals surface area contributed by atoms with Crippen molar-refractivity contribution >= 4 is 38.5 Å². The summed E-state index contributed by atoms with van der Waals surface area (Å²) in [6, 6.07) is 12.8. The van der Waals surface area contributed by atoms with Gasteiger partial charge in [-0.1, -0.05) is 34.1 Å².